The van der Waals surface area contributed by atoms with Crippen LogP contribution < -0.4 is 5.56 Å². The molecule has 4 heteroatoms. The molecule has 1 aromatic heterocycles. The summed E-state index contributed by atoms with van der Waals surface area (Å²) in [4.78, 5) is 11.8. The van der Waals surface area contributed by atoms with Gasteiger partial charge in [0.2, 0.25) is 0 Å². The van der Waals surface area contributed by atoms with Crippen molar-refractivity contribution in [3.8, 4) is 0 Å². The number of hydrogen-bond acceptors (Lipinski definition) is 1. The summed E-state index contributed by atoms with van der Waals surface area (Å²) < 4.78 is 15.4. The molecular weight excluding hydrogens is 332 g/mol. The first-order valence-corrected chi connectivity index (χ1v) is 6.26. The monoisotopic (exact) mass is 343 g/mol. The molecule has 2 nitrogen and oxygen atoms in total. The molecule has 17 heavy (non-hydrogen) atoms. The highest BCUT2D eigenvalue weighted by Gasteiger charge is 2.04. The largest absolute Gasteiger partial charge is 0.310 e. The number of aryl methyl sites for hydroxylation is 1. The summed E-state index contributed by atoms with van der Waals surface area (Å²) in [7, 11) is 0. The Hall–Kier alpha value is -1.17. The molecule has 0 atom stereocenters. The van der Waals surface area contributed by atoms with Crippen molar-refractivity contribution in [3.05, 3.63) is 67.4 Å². The Morgan fingerprint density at radius 1 is 1.35 bits per heavy atom. The highest BCUT2D eigenvalue weighted by atomic mass is 127. The van der Waals surface area contributed by atoms with Gasteiger partial charge in [-0.05, 0) is 64.9 Å². The van der Waals surface area contributed by atoms with E-state index in [2.05, 4.69) is 0 Å². The van der Waals surface area contributed by atoms with Gasteiger partial charge in [-0.3, -0.25) is 4.79 Å². The Morgan fingerprint density at radius 3 is 2.88 bits per heavy atom. The third kappa shape index (κ3) is 2.74. The maximum absolute atomic E-state index is 13.1. The third-order valence-corrected chi connectivity index (χ3v) is 3.45. The number of hydrogen-bond donors (Lipinski definition) is 0. The van der Waals surface area contributed by atoms with Gasteiger partial charge in [0.15, 0.2) is 0 Å². The van der Waals surface area contributed by atoms with Crippen molar-refractivity contribution in [1.29, 1.82) is 0 Å². The topological polar surface area (TPSA) is 22.0 Å². The highest BCUT2D eigenvalue weighted by Crippen LogP contribution is 2.11. The second-order valence-corrected chi connectivity index (χ2v) is 5.02. The Labute approximate surface area is 112 Å². The van der Waals surface area contributed by atoms with Crippen LogP contribution in [0.1, 0.15) is 11.1 Å². The average Bonchev–Trinajstić information content (AvgIpc) is 2.30. The van der Waals surface area contributed by atoms with Crippen molar-refractivity contribution < 1.29 is 4.39 Å². The van der Waals surface area contributed by atoms with E-state index >= 15 is 0 Å². The summed E-state index contributed by atoms with van der Waals surface area (Å²) in [5.41, 5.74) is 1.77. The number of rotatable bonds is 2. The van der Waals surface area contributed by atoms with Gasteiger partial charge in [-0.2, -0.15) is 0 Å². The lowest BCUT2D eigenvalue weighted by Crippen LogP contribution is -2.22. The van der Waals surface area contributed by atoms with Crippen LogP contribution in [-0.4, -0.2) is 4.57 Å². The predicted octanol–water partition coefficient (Wildman–Crippen LogP) is 2.95. The Morgan fingerprint density at radius 2 is 2.12 bits per heavy atom. The molecule has 2 aromatic rings. The quantitative estimate of drug-likeness (QED) is 0.769. The Balaban J connectivity index is 2.41. The van der Waals surface area contributed by atoms with E-state index in [-0.39, 0.29) is 11.4 Å². The van der Waals surface area contributed by atoms with Gasteiger partial charge < -0.3 is 4.57 Å². The van der Waals surface area contributed by atoms with Gasteiger partial charge in [-0.15, -0.1) is 0 Å². The second-order valence-electron chi connectivity index (χ2n) is 3.86. The molecule has 0 N–H and O–H groups in total. The van der Waals surface area contributed by atoms with Crippen LogP contribution in [0.4, 0.5) is 4.39 Å². The molecule has 0 spiro atoms. The molecule has 0 saturated heterocycles. The van der Waals surface area contributed by atoms with E-state index in [0.717, 1.165) is 11.1 Å². The molecule has 0 saturated carbocycles. The minimum atomic E-state index is -0.274. The lowest BCUT2D eigenvalue weighted by molar-refractivity contribution is 0.621. The molecule has 1 aromatic carbocycles. The van der Waals surface area contributed by atoms with Gasteiger partial charge in [0.1, 0.15) is 5.82 Å². The van der Waals surface area contributed by atoms with E-state index in [4.69, 9.17) is 0 Å². The predicted molar refractivity (Wildman–Crippen MR) is 73.7 cm³/mol. The minimum Gasteiger partial charge on any atom is -0.310 e. The molecule has 0 unspecified atom stereocenters. The number of benzene rings is 1. The van der Waals surface area contributed by atoms with Crippen LogP contribution in [0.2, 0.25) is 0 Å². The van der Waals surface area contributed by atoms with Crippen LogP contribution in [0.25, 0.3) is 0 Å². The van der Waals surface area contributed by atoms with Crippen LogP contribution in [0.5, 0.6) is 0 Å². The Bertz CT molecular complexity index is 607. The van der Waals surface area contributed by atoms with Crippen molar-refractivity contribution in [1.82, 2.24) is 4.57 Å². The number of halogens is 2. The average molecular weight is 343 g/mol. The fourth-order valence-corrected chi connectivity index (χ4v) is 2.14. The van der Waals surface area contributed by atoms with Gasteiger partial charge in [-0.1, -0.05) is 6.07 Å². The lowest BCUT2D eigenvalue weighted by atomic mass is 10.1. The summed E-state index contributed by atoms with van der Waals surface area (Å²) in [5.74, 6) is -0.274. The molecule has 1 heterocycles. The van der Waals surface area contributed by atoms with Crippen LogP contribution in [0, 0.1) is 16.3 Å². The van der Waals surface area contributed by atoms with E-state index in [9.17, 15) is 9.18 Å². The zero-order chi connectivity index (χ0) is 12.4. The van der Waals surface area contributed by atoms with Gasteiger partial charge in [0.25, 0.3) is 5.56 Å². The van der Waals surface area contributed by atoms with Crippen LogP contribution in [0.3, 0.4) is 0 Å². The molecule has 0 fully saturated rings. The first-order chi connectivity index (χ1) is 8.08. The summed E-state index contributed by atoms with van der Waals surface area (Å²) in [6.45, 7) is 2.31. The standard InChI is InChI=1S/C13H11FINO/c1-9-4-5-11(14)7-10(9)8-16-6-2-3-12(15)13(16)17/h2-7H,8H2,1H3. The molecule has 0 aliphatic carbocycles. The van der Waals surface area contributed by atoms with Gasteiger partial charge in [-0.25, -0.2) is 4.39 Å². The van der Waals surface area contributed by atoms with E-state index < -0.39 is 0 Å². The van der Waals surface area contributed by atoms with E-state index in [1.807, 2.05) is 35.6 Å². The number of pyridine rings is 1. The zero-order valence-corrected chi connectivity index (χ0v) is 11.4. The lowest BCUT2D eigenvalue weighted by Gasteiger charge is -2.09. The van der Waals surface area contributed by atoms with Crippen LogP contribution in [0.15, 0.2) is 41.3 Å². The van der Waals surface area contributed by atoms with Gasteiger partial charge >= 0.3 is 0 Å². The first kappa shape index (κ1) is 12.3. The normalized spacial score (nSPS) is 10.5. The maximum atomic E-state index is 13.1. The second kappa shape index (κ2) is 5.00. The van der Waals surface area contributed by atoms with E-state index in [1.54, 1.807) is 22.9 Å². The molecular formula is C13H11FINO. The molecule has 0 radical (unpaired) electrons. The van der Waals surface area contributed by atoms with Crippen molar-refractivity contribution in [2.45, 2.75) is 13.5 Å². The van der Waals surface area contributed by atoms with E-state index in [1.165, 1.54) is 12.1 Å². The third-order valence-electron chi connectivity index (χ3n) is 2.63. The summed E-state index contributed by atoms with van der Waals surface area (Å²) >= 11 is 2.00. The molecule has 0 aliphatic rings. The van der Waals surface area contributed by atoms with Crippen molar-refractivity contribution in [2.24, 2.45) is 0 Å². The molecule has 0 aliphatic heterocycles. The molecule has 0 bridgehead atoms. The molecule has 2 rings (SSSR count). The summed E-state index contributed by atoms with van der Waals surface area (Å²) in [5, 5.41) is 0. The van der Waals surface area contributed by atoms with Gasteiger partial charge in [0.05, 0.1) is 10.1 Å². The van der Waals surface area contributed by atoms with Crippen LogP contribution in [-0.2, 0) is 6.54 Å². The zero-order valence-electron chi connectivity index (χ0n) is 9.28. The summed E-state index contributed by atoms with van der Waals surface area (Å²) in [6.07, 6.45) is 1.72. The molecule has 88 valence electrons. The number of aromatic nitrogens is 1. The number of nitrogens with zero attached hydrogens (tertiary/aromatic N) is 1. The van der Waals surface area contributed by atoms with Gasteiger partial charge in [0, 0.05) is 6.20 Å². The van der Waals surface area contributed by atoms with Crippen molar-refractivity contribution in [3.63, 3.8) is 0 Å². The maximum Gasteiger partial charge on any atom is 0.264 e. The van der Waals surface area contributed by atoms with E-state index in [0.29, 0.717) is 10.1 Å². The van der Waals surface area contributed by atoms with Crippen LogP contribution >= 0.6 is 22.6 Å². The fraction of sp³-hybridized carbons (Fsp3) is 0.154. The SMILES string of the molecule is Cc1ccc(F)cc1Cn1cccc(I)c1=O. The fourth-order valence-electron chi connectivity index (χ4n) is 1.63. The first-order valence-electron chi connectivity index (χ1n) is 5.18. The smallest absolute Gasteiger partial charge is 0.264 e. The van der Waals surface area contributed by atoms with Crippen molar-refractivity contribution >= 4 is 22.6 Å². The minimum absolute atomic E-state index is 0.0447. The van der Waals surface area contributed by atoms with Crippen molar-refractivity contribution in [2.75, 3.05) is 0 Å². The summed E-state index contributed by atoms with van der Waals surface area (Å²) in [6, 6.07) is 8.21. The molecule has 0 amide bonds. The Kier molecular flexibility index (Phi) is 3.61. The highest BCUT2D eigenvalue weighted by molar-refractivity contribution is 14.1.